The molecule has 1 unspecified atom stereocenters. The molecule has 1 atom stereocenters. The van der Waals surface area contributed by atoms with E-state index >= 15 is 0 Å². The van der Waals surface area contributed by atoms with E-state index in [9.17, 15) is 19.5 Å². The van der Waals surface area contributed by atoms with Gasteiger partial charge in [-0.05, 0) is 34.6 Å². The number of carboxylic acid groups (broad SMARTS) is 1. The molecule has 9 nitrogen and oxygen atoms in total. The van der Waals surface area contributed by atoms with E-state index in [1.165, 1.54) is 29.1 Å². The minimum Gasteiger partial charge on any atom is -0.476 e. The highest BCUT2D eigenvalue weighted by molar-refractivity contribution is 5.99. The molecule has 2 aromatic carbocycles. The molecule has 2 amide bonds. The Morgan fingerprint density at radius 2 is 1.71 bits per heavy atom. The molecule has 0 aliphatic heterocycles. The predicted octanol–water partition coefficient (Wildman–Crippen LogP) is 4.01. The molecule has 182 valence electrons. The second-order valence-corrected chi connectivity index (χ2v) is 8.73. The van der Waals surface area contributed by atoms with Gasteiger partial charge in [0.05, 0.1) is 11.9 Å². The number of aromatic carboxylic acids is 1. The van der Waals surface area contributed by atoms with Gasteiger partial charge in [0.25, 0.3) is 0 Å². The number of hydrogen-bond donors (Lipinski definition) is 3. The average molecular weight is 477 g/mol. The normalized spacial score (nSPS) is 13.0. The monoisotopic (exact) mass is 476 g/mol. The van der Waals surface area contributed by atoms with Crippen LogP contribution in [0.2, 0.25) is 0 Å². The highest BCUT2D eigenvalue weighted by Crippen LogP contribution is 2.44. The highest BCUT2D eigenvalue weighted by atomic mass is 16.5. The first-order valence-electron chi connectivity index (χ1n) is 11.5. The van der Waals surface area contributed by atoms with Gasteiger partial charge in [-0.3, -0.25) is 9.48 Å². The molecule has 3 aromatic rings. The van der Waals surface area contributed by atoms with Crippen molar-refractivity contribution in [3.8, 4) is 11.1 Å². The summed E-state index contributed by atoms with van der Waals surface area (Å²) in [5.41, 5.74) is 4.73. The number of hydrogen-bond acceptors (Lipinski definition) is 5. The number of anilines is 1. The molecule has 0 radical (unpaired) electrons. The van der Waals surface area contributed by atoms with Gasteiger partial charge >= 0.3 is 12.1 Å². The lowest BCUT2D eigenvalue weighted by Crippen LogP contribution is -2.30. The van der Waals surface area contributed by atoms with Crippen LogP contribution in [0, 0.1) is 5.92 Å². The van der Waals surface area contributed by atoms with Crippen molar-refractivity contribution in [1.29, 1.82) is 0 Å². The van der Waals surface area contributed by atoms with E-state index < -0.39 is 12.1 Å². The third-order valence-electron chi connectivity index (χ3n) is 6.22. The maximum absolute atomic E-state index is 12.3. The smallest absolute Gasteiger partial charge is 0.407 e. The second-order valence-electron chi connectivity index (χ2n) is 8.73. The van der Waals surface area contributed by atoms with Crippen LogP contribution in [0.4, 0.5) is 10.5 Å². The van der Waals surface area contributed by atoms with Crippen LogP contribution in [-0.4, -0.2) is 46.0 Å². The van der Waals surface area contributed by atoms with Crippen LogP contribution >= 0.6 is 0 Å². The predicted molar refractivity (Wildman–Crippen MR) is 130 cm³/mol. The molecular weight excluding hydrogens is 448 g/mol. The Morgan fingerprint density at radius 3 is 2.34 bits per heavy atom. The van der Waals surface area contributed by atoms with Gasteiger partial charge in [-0.15, -0.1) is 0 Å². The van der Waals surface area contributed by atoms with Crippen molar-refractivity contribution >= 4 is 23.7 Å². The number of nitrogens with zero attached hydrogens (tertiary/aromatic N) is 2. The number of amides is 2. The van der Waals surface area contributed by atoms with Gasteiger partial charge < -0.3 is 20.5 Å². The number of fused-ring (bicyclic) bond motifs is 3. The Morgan fingerprint density at radius 1 is 1.09 bits per heavy atom. The zero-order chi connectivity index (χ0) is 24.9. The number of rotatable bonds is 9. The number of aromatic nitrogens is 2. The van der Waals surface area contributed by atoms with Crippen molar-refractivity contribution in [1.82, 2.24) is 15.1 Å². The second kappa shape index (κ2) is 10.4. The zero-order valence-corrected chi connectivity index (χ0v) is 19.7. The van der Waals surface area contributed by atoms with E-state index in [4.69, 9.17) is 4.74 Å². The van der Waals surface area contributed by atoms with Crippen molar-refractivity contribution in [3.63, 3.8) is 0 Å². The average Bonchev–Trinajstić information content (AvgIpc) is 3.37. The topological polar surface area (TPSA) is 123 Å². The van der Waals surface area contributed by atoms with Crippen LogP contribution in [0.15, 0.2) is 54.7 Å². The Balaban J connectivity index is 1.22. The Kier molecular flexibility index (Phi) is 7.14. The number of alkyl carbamates (subject to hydrolysis) is 1. The molecule has 0 bridgehead atoms. The molecule has 0 saturated carbocycles. The van der Waals surface area contributed by atoms with E-state index in [1.807, 2.05) is 31.2 Å². The standard InChI is InChI=1S/C26H28N4O5/c1-16(11-12-23(31)29-22-14-28-30(2)24(22)25(32)33)13-27-26(34)35-15-21-19-9-5-3-7-17(19)18-8-4-6-10-20(18)21/h3-10,14,16,21H,11-13,15H2,1-2H3,(H,27,34)(H,29,31)(H,32,33). The number of carboxylic acids is 1. The summed E-state index contributed by atoms with van der Waals surface area (Å²) in [5.74, 6) is -1.46. The summed E-state index contributed by atoms with van der Waals surface area (Å²) < 4.78 is 6.73. The number of aryl methyl sites for hydroxylation is 1. The van der Waals surface area contributed by atoms with E-state index in [1.54, 1.807) is 0 Å². The first-order valence-corrected chi connectivity index (χ1v) is 11.5. The molecule has 9 heteroatoms. The summed E-state index contributed by atoms with van der Waals surface area (Å²) in [5, 5.41) is 18.5. The maximum Gasteiger partial charge on any atom is 0.407 e. The van der Waals surface area contributed by atoms with Crippen molar-refractivity contribution < 1.29 is 24.2 Å². The molecule has 0 fully saturated rings. The van der Waals surface area contributed by atoms with E-state index in [0.717, 1.165) is 11.1 Å². The van der Waals surface area contributed by atoms with Crippen LogP contribution < -0.4 is 10.6 Å². The van der Waals surface area contributed by atoms with Crippen LogP contribution in [0.25, 0.3) is 11.1 Å². The summed E-state index contributed by atoms with van der Waals surface area (Å²) in [4.78, 5) is 35.9. The first kappa shape index (κ1) is 24.0. The third kappa shape index (κ3) is 5.34. The first-order chi connectivity index (χ1) is 16.8. The summed E-state index contributed by atoms with van der Waals surface area (Å²) in [7, 11) is 1.50. The molecule has 1 aliphatic rings. The minimum absolute atomic E-state index is 0.00237. The molecule has 1 aromatic heterocycles. The molecule has 35 heavy (non-hydrogen) atoms. The van der Waals surface area contributed by atoms with Gasteiger partial charge in [0.2, 0.25) is 5.91 Å². The van der Waals surface area contributed by atoms with Gasteiger partial charge in [-0.2, -0.15) is 5.10 Å². The van der Waals surface area contributed by atoms with E-state index in [0.29, 0.717) is 13.0 Å². The lowest BCUT2D eigenvalue weighted by Gasteiger charge is -2.16. The number of carbonyl (C=O) groups excluding carboxylic acids is 2. The van der Waals surface area contributed by atoms with Crippen molar-refractivity contribution in [2.24, 2.45) is 13.0 Å². The highest BCUT2D eigenvalue weighted by Gasteiger charge is 2.29. The Bertz CT molecular complexity index is 1210. The molecule has 1 heterocycles. The van der Waals surface area contributed by atoms with Gasteiger partial charge in [0, 0.05) is 25.9 Å². The van der Waals surface area contributed by atoms with Gasteiger partial charge in [-0.25, -0.2) is 9.59 Å². The minimum atomic E-state index is -1.17. The molecular formula is C26H28N4O5. The fourth-order valence-electron chi connectivity index (χ4n) is 4.38. The molecule has 4 rings (SSSR count). The summed E-state index contributed by atoms with van der Waals surface area (Å²) in [6, 6.07) is 16.3. The Labute approximate surface area is 203 Å². The van der Waals surface area contributed by atoms with E-state index in [-0.39, 0.29) is 42.2 Å². The third-order valence-corrected chi connectivity index (χ3v) is 6.22. The van der Waals surface area contributed by atoms with E-state index in [2.05, 4.69) is 40.0 Å². The van der Waals surface area contributed by atoms with Gasteiger partial charge in [0.1, 0.15) is 6.61 Å². The maximum atomic E-state index is 12.3. The van der Waals surface area contributed by atoms with Crippen molar-refractivity contribution in [2.75, 3.05) is 18.5 Å². The molecule has 1 aliphatic carbocycles. The molecule has 0 saturated heterocycles. The molecule has 3 N–H and O–H groups in total. The zero-order valence-electron chi connectivity index (χ0n) is 19.7. The van der Waals surface area contributed by atoms with Crippen molar-refractivity contribution in [2.45, 2.75) is 25.7 Å². The lowest BCUT2D eigenvalue weighted by atomic mass is 9.98. The quantitative estimate of drug-likeness (QED) is 0.429. The lowest BCUT2D eigenvalue weighted by molar-refractivity contribution is -0.116. The van der Waals surface area contributed by atoms with Crippen LogP contribution in [-0.2, 0) is 16.6 Å². The van der Waals surface area contributed by atoms with Gasteiger partial charge in [0.15, 0.2) is 5.69 Å². The Hall–Kier alpha value is -4.14. The van der Waals surface area contributed by atoms with Gasteiger partial charge in [-0.1, -0.05) is 55.5 Å². The van der Waals surface area contributed by atoms with Crippen LogP contribution in [0.3, 0.4) is 0 Å². The SMILES string of the molecule is CC(CCC(=O)Nc1cnn(C)c1C(=O)O)CNC(=O)OCC1c2ccccc2-c2ccccc21. The van der Waals surface area contributed by atoms with Crippen molar-refractivity contribution in [3.05, 3.63) is 71.5 Å². The number of carbonyl (C=O) groups is 3. The fourth-order valence-corrected chi connectivity index (χ4v) is 4.38. The number of ether oxygens (including phenoxy) is 1. The number of nitrogens with one attached hydrogen (secondary N) is 2. The largest absolute Gasteiger partial charge is 0.476 e. The summed E-state index contributed by atoms with van der Waals surface area (Å²) in [6.07, 6.45) is 1.51. The van der Waals surface area contributed by atoms with Crippen LogP contribution in [0.5, 0.6) is 0 Å². The summed E-state index contributed by atoms with van der Waals surface area (Å²) >= 11 is 0. The molecule has 0 spiro atoms. The fraction of sp³-hybridized carbons (Fsp3) is 0.308. The summed E-state index contributed by atoms with van der Waals surface area (Å²) in [6.45, 7) is 2.52. The number of benzene rings is 2. The van der Waals surface area contributed by atoms with Crippen LogP contribution in [0.1, 0.15) is 47.3 Å².